The van der Waals surface area contributed by atoms with Gasteiger partial charge in [0.2, 0.25) is 0 Å². The average molecular weight is 316 g/mol. The minimum atomic E-state index is 0.625. The third-order valence-corrected chi connectivity index (χ3v) is 4.86. The molecule has 1 aliphatic heterocycles. The standard InChI is InChI=1S/C18H28N4O/c1-4-16-13-20(7-8-21(16)9-10-23-3)14-17-11-19-18-6-5-15(2)12-22(17)18/h5-6,11-12,16H,4,7-10,13-14H2,1-3H3. The van der Waals surface area contributed by atoms with Crippen LogP contribution in [0.1, 0.15) is 24.6 Å². The Morgan fingerprint density at radius 3 is 2.96 bits per heavy atom. The Hall–Kier alpha value is -1.43. The molecule has 0 radical (unpaired) electrons. The number of piperazine rings is 1. The fourth-order valence-corrected chi connectivity index (χ4v) is 3.47. The number of ether oxygens (including phenoxy) is 1. The van der Waals surface area contributed by atoms with Crippen LogP contribution in [0.4, 0.5) is 0 Å². The zero-order chi connectivity index (χ0) is 16.2. The molecule has 126 valence electrons. The summed E-state index contributed by atoms with van der Waals surface area (Å²) in [7, 11) is 1.78. The lowest BCUT2D eigenvalue weighted by Crippen LogP contribution is -2.53. The molecule has 0 spiro atoms. The summed E-state index contributed by atoms with van der Waals surface area (Å²) in [6.45, 7) is 10.6. The summed E-state index contributed by atoms with van der Waals surface area (Å²) in [5.74, 6) is 0. The highest BCUT2D eigenvalue weighted by Crippen LogP contribution is 2.16. The van der Waals surface area contributed by atoms with Gasteiger partial charge in [0.25, 0.3) is 0 Å². The Labute approximate surface area is 138 Å². The molecular formula is C18H28N4O. The Morgan fingerprint density at radius 1 is 1.30 bits per heavy atom. The van der Waals surface area contributed by atoms with Gasteiger partial charge in [-0.2, -0.15) is 0 Å². The summed E-state index contributed by atoms with van der Waals surface area (Å²) >= 11 is 0. The molecule has 1 aliphatic rings. The topological polar surface area (TPSA) is 33.0 Å². The lowest BCUT2D eigenvalue weighted by atomic mass is 10.1. The third kappa shape index (κ3) is 3.74. The van der Waals surface area contributed by atoms with E-state index >= 15 is 0 Å². The van der Waals surface area contributed by atoms with Gasteiger partial charge < -0.3 is 9.14 Å². The van der Waals surface area contributed by atoms with Gasteiger partial charge in [-0.05, 0) is 25.0 Å². The van der Waals surface area contributed by atoms with E-state index in [0.29, 0.717) is 6.04 Å². The van der Waals surface area contributed by atoms with Crippen molar-refractivity contribution < 1.29 is 4.74 Å². The number of rotatable bonds is 6. The maximum Gasteiger partial charge on any atom is 0.136 e. The molecule has 0 amide bonds. The maximum atomic E-state index is 5.24. The molecule has 1 atom stereocenters. The summed E-state index contributed by atoms with van der Waals surface area (Å²) in [6.07, 6.45) is 5.39. The molecule has 5 heteroatoms. The largest absolute Gasteiger partial charge is 0.383 e. The molecular weight excluding hydrogens is 288 g/mol. The quantitative estimate of drug-likeness (QED) is 0.818. The van der Waals surface area contributed by atoms with Crippen LogP contribution in [0.3, 0.4) is 0 Å². The van der Waals surface area contributed by atoms with Gasteiger partial charge in [-0.1, -0.05) is 13.0 Å². The fourth-order valence-electron chi connectivity index (χ4n) is 3.47. The van der Waals surface area contributed by atoms with Crippen LogP contribution in [0.2, 0.25) is 0 Å². The van der Waals surface area contributed by atoms with Crippen molar-refractivity contribution in [3.63, 3.8) is 0 Å². The number of methoxy groups -OCH3 is 1. The summed E-state index contributed by atoms with van der Waals surface area (Å²) in [6, 6.07) is 4.84. The zero-order valence-corrected chi connectivity index (χ0v) is 14.5. The van der Waals surface area contributed by atoms with Crippen LogP contribution in [0.15, 0.2) is 24.5 Å². The number of hydrogen-bond acceptors (Lipinski definition) is 4. The summed E-state index contributed by atoms with van der Waals surface area (Å²) in [4.78, 5) is 9.66. The van der Waals surface area contributed by atoms with Gasteiger partial charge in [-0.3, -0.25) is 9.80 Å². The predicted molar refractivity (Wildman–Crippen MR) is 92.7 cm³/mol. The van der Waals surface area contributed by atoms with E-state index < -0.39 is 0 Å². The molecule has 2 aromatic rings. The molecule has 0 saturated carbocycles. The SMILES string of the molecule is CCC1CN(Cc2cnc3ccc(C)cn23)CCN1CCOC. The van der Waals surface area contributed by atoms with E-state index in [4.69, 9.17) is 4.74 Å². The van der Waals surface area contributed by atoms with Crippen molar-refractivity contribution in [2.75, 3.05) is 39.9 Å². The molecule has 1 fully saturated rings. The Bertz CT molecular complexity index is 639. The van der Waals surface area contributed by atoms with Crippen LogP contribution in [0, 0.1) is 6.92 Å². The number of nitrogens with zero attached hydrogens (tertiary/aromatic N) is 4. The first-order valence-electron chi connectivity index (χ1n) is 8.59. The number of aromatic nitrogens is 2. The first-order chi connectivity index (χ1) is 11.2. The first-order valence-corrected chi connectivity index (χ1v) is 8.59. The fraction of sp³-hybridized carbons (Fsp3) is 0.611. The van der Waals surface area contributed by atoms with Gasteiger partial charge in [0, 0.05) is 52.1 Å². The van der Waals surface area contributed by atoms with E-state index in [2.05, 4.69) is 51.4 Å². The summed E-state index contributed by atoms with van der Waals surface area (Å²) < 4.78 is 7.47. The van der Waals surface area contributed by atoms with E-state index in [9.17, 15) is 0 Å². The maximum absolute atomic E-state index is 5.24. The van der Waals surface area contributed by atoms with E-state index in [-0.39, 0.29) is 0 Å². The minimum absolute atomic E-state index is 0.625. The van der Waals surface area contributed by atoms with Crippen LogP contribution >= 0.6 is 0 Å². The van der Waals surface area contributed by atoms with Gasteiger partial charge in [0.05, 0.1) is 18.5 Å². The second-order valence-corrected chi connectivity index (χ2v) is 6.51. The van der Waals surface area contributed by atoms with Crippen molar-refractivity contribution in [2.45, 2.75) is 32.9 Å². The molecule has 0 aromatic carbocycles. The normalized spacial score (nSPS) is 20.4. The molecule has 23 heavy (non-hydrogen) atoms. The Morgan fingerprint density at radius 2 is 2.17 bits per heavy atom. The predicted octanol–water partition coefficient (Wildman–Crippen LogP) is 2.19. The smallest absolute Gasteiger partial charge is 0.136 e. The summed E-state index contributed by atoms with van der Waals surface area (Å²) in [5.41, 5.74) is 3.59. The van der Waals surface area contributed by atoms with E-state index in [1.165, 1.54) is 17.7 Å². The molecule has 3 rings (SSSR count). The molecule has 2 aromatic heterocycles. The Balaban J connectivity index is 1.67. The van der Waals surface area contributed by atoms with E-state index in [1.807, 2.05) is 6.20 Å². The molecule has 0 bridgehead atoms. The highest BCUT2D eigenvalue weighted by Gasteiger charge is 2.25. The lowest BCUT2D eigenvalue weighted by molar-refractivity contribution is 0.0459. The van der Waals surface area contributed by atoms with Gasteiger partial charge in [0.15, 0.2) is 0 Å². The minimum Gasteiger partial charge on any atom is -0.383 e. The number of fused-ring (bicyclic) bond motifs is 1. The molecule has 5 nitrogen and oxygen atoms in total. The van der Waals surface area contributed by atoms with Gasteiger partial charge >= 0.3 is 0 Å². The average Bonchev–Trinajstić information content (AvgIpc) is 2.95. The van der Waals surface area contributed by atoms with Crippen molar-refractivity contribution >= 4 is 5.65 Å². The summed E-state index contributed by atoms with van der Waals surface area (Å²) in [5, 5.41) is 0. The molecule has 1 saturated heterocycles. The zero-order valence-electron chi connectivity index (χ0n) is 14.5. The van der Waals surface area contributed by atoms with E-state index in [0.717, 1.165) is 45.0 Å². The van der Waals surface area contributed by atoms with Crippen molar-refractivity contribution in [3.8, 4) is 0 Å². The number of hydrogen-bond donors (Lipinski definition) is 0. The molecule has 0 N–H and O–H groups in total. The first kappa shape index (κ1) is 16.4. The highest BCUT2D eigenvalue weighted by molar-refractivity contribution is 5.41. The number of imidazole rings is 1. The van der Waals surface area contributed by atoms with Crippen LogP contribution in [0.25, 0.3) is 5.65 Å². The van der Waals surface area contributed by atoms with Gasteiger partial charge in [-0.25, -0.2) is 4.98 Å². The van der Waals surface area contributed by atoms with Crippen molar-refractivity contribution in [3.05, 3.63) is 35.8 Å². The molecule has 0 aliphatic carbocycles. The lowest BCUT2D eigenvalue weighted by Gasteiger charge is -2.41. The van der Waals surface area contributed by atoms with Crippen LogP contribution in [-0.2, 0) is 11.3 Å². The van der Waals surface area contributed by atoms with Crippen LogP contribution < -0.4 is 0 Å². The Kier molecular flexibility index (Phi) is 5.30. The monoisotopic (exact) mass is 316 g/mol. The molecule has 1 unspecified atom stereocenters. The van der Waals surface area contributed by atoms with E-state index in [1.54, 1.807) is 7.11 Å². The van der Waals surface area contributed by atoms with Crippen molar-refractivity contribution in [1.82, 2.24) is 19.2 Å². The van der Waals surface area contributed by atoms with Crippen LogP contribution in [-0.4, -0.2) is 65.1 Å². The third-order valence-electron chi connectivity index (χ3n) is 4.86. The van der Waals surface area contributed by atoms with Crippen LogP contribution in [0.5, 0.6) is 0 Å². The highest BCUT2D eigenvalue weighted by atomic mass is 16.5. The number of pyridine rings is 1. The van der Waals surface area contributed by atoms with Crippen molar-refractivity contribution in [1.29, 1.82) is 0 Å². The molecule has 3 heterocycles. The van der Waals surface area contributed by atoms with Gasteiger partial charge in [0.1, 0.15) is 5.65 Å². The second kappa shape index (κ2) is 7.43. The second-order valence-electron chi connectivity index (χ2n) is 6.51. The van der Waals surface area contributed by atoms with Gasteiger partial charge in [-0.15, -0.1) is 0 Å². The van der Waals surface area contributed by atoms with Crippen molar-refractivity contribution in [2.24, 2.45) is 0 Å². The number of aryl methyl sites for hydroxylation is 1.